The molecule has 0 radical (unpaired) electrons. The lowest BCUT2D eigenvalue weighted by atomic mass is 9.85. The topological polar surface area (TPSA) is 21.3 Å². The van der Waals surface area contributed by atoms with Crippen molar-refractivity contribution < 1.29 is 4.84 Å². The van der Waals surface area contributed by atoms with Crippen molar-refractivity contribution in [3.8, 4) is 0 Å². The molecule has 1 unspecified atom stereocenters. The second kappa shape index (κ2) is 7.29. The molecule has 1 aliphatic carbocycles. The predicted molar refractivity (Wildman–Crippen MR) is 67.2 cm³/mol. The van der Waals surface area contributed by atoms with Crippen LogP contribution in [-0.2, 0) is 4.84 Å². The quantitative estimate of drug-likeness (QED) is 0.732. The first-order chi connectivity index (χ1) is 7.97. The highest BCUT2D eigenvalue weighted by Gasteiger charge is 2.23. The summed E-state index contributed by atoms with van der Waals surface area (Å²) in [5.74, 6) is 0.825. The summed E-state index contributed by atoms with van der Waals surface area (Å²) in [6, 6.07) is 0. The Kier molecular flexibility index (Phi) is 5.64. The summed E-state index contributed by atoms with van der Waals surface area (Å²) in [5, 5.41) is 0. The molecule has 94 valence electrons. The third-order valence-corrected chi connectivity index (χ3v) is 4.18. The van der Waals surface area contributed by atoms with Gasteiger partial charge in [0, 0.05) is 6.54 Å². The van der Waals surface area contributed by atoms with E-state index in [1.807, 2.05) is 0 Å². The second-order valence-corrected chi connectivity index (χ2v) is 5.51. The molecule has 0 bridgehead atoms. The fourth-order valence-electron chi connectivity index (χ4n) is 3.14. The minimum absolute atomic E-state index is 0.499. The van der Waals surface area contributed by atoms with E-state index in [4.69, 9.17) is 4.84 Å². The summed E-state index contributed by atoms with van der Waals surface area (Å²) < 4.78 is 0. The van der Waals surface area contributed by atoms with E-state index in [2.05, 4.69) is 5.48 Å². The number of rotatable bonds is 1. The van der Waals surface area contributed by atoms with E-state index in [0.29, 0.717) is 6.10 Å². The summed E-state index contributed by atoms with van der Waals surface area (Å²) in [6.07, 6.45) is 15.8. The lowest BCUT2D eigenvalue weighted by Gasteiger charge is -2.30. The van der Waals surface area contributed by atoms with E-state index in [9.17, 15) is 0 Å². The summed E-state index contributed by atoms with van der Waals surface area (Å²) >= 11 is 0. The molecule has 0 aromatic rings. The highest BCUT2D eigenvalue weighted by atomic mass is 16.7. The van der Waals surface area contributed by atoms with Gasteiger partial charge in [-0.3, -0.25) is 4.84 Å². The van der Waals surface area contributed by atoms with Crippen molar-refractivity contribution in [2.24, 2.45) is 5.92 Å². The van der Waals surface area contributed by atoms with Crippen molar-refractivity contribution in [1.82, 2.24) is 5.48 Å². The highest BCUT2D eigenvalue weighted by molar-refractivity contribution is 4.73. The Morgan fingerprint density at radius 3 is 2.12 bits per heavy atom. The van der Waals surface area contributed by atoms with Crippen LogP contribution in [0.4, 0.5) is 0 Å². The molecule has 2 nitrogen and oxygen atoms in total. The molecule has 0 aromatic carbocycles. The molecule has 1 saturated carbocycles. The molecule has 16 heavy (non-hydrogen) atoms. The SMILES string of the molecule is C1CCCC(C2CCCCCNO2)CCC1. The van der Waals surface area contributed by atoms with Gasteiger partial charge >= 0.3 is 0 Å². The maximum Gasteiger partial charge on any atom is 0.0818 e. The summed E-state index contributed by atoms with van der Waals surface area (Å²) in [5.41, 5.74) is 3.17. The van der Waals surface area contributed by atoms with Gasteiger partial charge in [-0.2, -0.15) is 0 Å². The zero-order chi connectivity index (χ0) is 11.1. The van der Waals surface area contributed by atoms with E-state index in [0.717, 1.165) is 12.5 Å². The van der Waals surface area contributed by atoms with Crippen LogP contribution in [0.3, 0.4) is 0 Å². The van der Waals surface area contributed by atoms with Gasteiger partial charge in [-0.1, -0.05) is 44.9 Å². The molecule has 0 amide bonds. The number of hydroxylamine groups is 1. The maximum absolute atomic E-state index is 5.87. The zero-order valence-electron chi connectivity index (χ0n) is 10.5. The van der Waals surface area contributed by atoms with Crippen molar-refractivity contribution >= 4 is 0 Å². The first kappa shape index (κ1) is 12.4. The van der Waals surface area contributed by atoms with E-state index in [-0.39, 0.29) is 0 Å². The van der Waals surface area contributed by atoms with Crippen molar-refractivity contribution in [1.29, 1.82) is 0 Å². The van der Waals surface area contributed by atoms with Crippen LogP contribution in [0.1, 0.15) is 70.6 Å². The van der Waals surface area contributed by atoms with Gasteiger partial charge in [-0.25, -0.2) is 5.48 Å². The Morgan fingerprint density at radius 1 is 0.688 bits per heavy atom. The predicted octanol–water partition coefficient (Wildman–Crippen LogP) is 3.81. The maximum atomic E-state index is 5.87. The first-order valence-electron chi connectivity index (χ1n) is 7.35. The third-order valence-electron chi connectivity index (χ3n) is 4.18. The van der Waals surface area contributed by atoms with Crippen molar-refractivity contribution in [2.75, 3.05) is 6.54 Å². The standard InChI is InChI=1S/C14H27NO/c1-2-5-9-13(10-6-3-1)14-11-7-4-8-12-15-16-14/h13-15H,1-12H2. The Hall–Kier alpha value is -0.0800. The van der Waals surface area contributed by atoms with E-state index < -0.39 is 0 Å². The molecule has 2 fully saturated rings. The van der Waals surface area contributed by atoms with E-state index in [1.165, 1.54) is 70.6 Å². The fourth-order valence-corrected chi connectivity index (χ4v) is 3.14. The smallest absolute Gasteiger partial charge is 0.0818 e. The van der Waals surface area contributed by atoms with Gasteiger partial charge < -0.3 is 0 Å². The summed E-state index contributed by atoms with van der Waals surface area (Å²) in [6.45, 7) is 1.04. The molecule has 0 spiro atoms. The van der Waals surface area contributed by atoms with Crippen molar-refractivity contribution in [3.05, 3.63) is 0 Å². The molecule has 1 atom stereocenters. The highest BCUT2D eigenvalue weighted by Crippen LogP contribution is 2.29. The number of hydrogen-bond donors (Lipinski definition) is 1. The average molecular weight is 225 g/mol. The average Bonchev–Trinajstić information content (AvgIpc) is 2.18. The second-order valence-electron chi connectivity index (χ2n) is 5.51. The summed E-state index contributed by atoms with van der Waals surface area (Å²) in [4.78, 5) is 5.87. The van der Waals surface area contributed by atoms with Gasteiger partial charge in [0.15, 0.2) is 0 Å². The lowest BCUT2D eigenvalue weighted by molar-refractivity contribution is -0.0708. The minimum Gasteiger partial charge on any atom is -0.298 e. The minimum atomic E-state index is 0.499. The molecule has 1 N–H and O–H groups in total. The Bertz CT molecular complexity index is 148. The molecule has 2 heteroatoms. The van der Waals surface area contributed by atoms with Crippen molar-refractivity contribution in [2.45, 2.75) is 76.7 Å². The van der Waals surface area contributed by atoms with Crippen LogP contribution in [0.2, 0.25) is 0 Å². The fraction of sp³-hybridized carbons (Fsp3) is 1.00. The normalized spacial score (nSPS) is 31.1. The van der Waals surface area contributed by atoms with Gasteiger partial charge in [0.2, 0.25) is 0 Å². The van der Waals surface area contributed by atoms with Crippen LogP contribution in [0.5, 0.6) is 0 Å². The molecule has 1 saturated heterocycles. The molecule has 2 aliphatic rings. The zero-order valence-corrected chi connectivity index (χ0v) is 10.5. The van der Waals surface area contributed by atoms with E-state index >= 15 is 0 Å². The van der Waals surface area contributed by atoms with Crippen LogP contribution in [0.25, 0.3) is 0 Å². The Balaban J connectivity index is 1.81. The molecular weight excluding hydrogens is 198 g/mol. The Morgan fingerprint density at radius 2 is 1.31 bits per heavy atom. The molecule has 1 aliphatic heterocycles. The molecular formula is C14H27NO. The monoisotopic (exact) mass is 225 g/mol. The molecule has 0 aromatic heterocycles. The van der Waals surface area contributed by atoms with Crippen LogP contribution < -0.4 is 5.48 Å². The van der Waals surface area contributed by atoms with E-state index in [1.54, 1.807) is 0 Å². The summed E-state index contributed by atoms with van der Waals surface area (Å²) in [7, 11) is 0. The van der Waals surface area contributed by atoms with Crippen LogP contribution >= 0.6 is 0 Å². The van der Waals surface area contributed by atoms with Gasteiger partial charge in [-0.15, -0.1) is 0 Å². The Labute approximate surface area is 100 Å². The number of nitrogens with one attached hydrogen (secondary N) is 1. The number of hydrogen-bond acceptors (Lipinski definition) is 2. The van der Waals surface area contributed by atoms with Crippen LogP contribution in [-0.4, -0.2) is 12.6 Å². The molecule has 1 heterocycles. The molecule has 2 rings (SSSR count). The van der Waals surface area contributed by atoms with Crippen LogP contribution in [0, 0.1) is 5.92 Å². The van der Waals surface area contributed by atoms with Gasteiger partial charge in [0.1, 0.15) is 0 Å². The largest absolute Gasteiger partial charge is 0.298 e. The van der Waals surface area contributed by atoms with Crippen molar-refractivity contribution in [3.63, 3.8) is 0 Å². The lowest BCUT2D eigenvalue weighted by Crippen LogP contribution is -2.33. The van der Waals surface area contributed by atoms with Gasteiger partial charge in [-0.05, 0) is 31.6 Å². The van der Waals surface area contributed by atoms with Gasteiger partial charge in [0.05, 0.1) is 6.10 Å². The first-order valence-corrected chi connectivity index (χ1v) is 7.35. The van der Waals surface area contributed by atoms with Gasteiger partial charge in [0.25, 0.3) is 0 Å². The van der Waals surface area contributed by atoms with Crippen LogP contribution in [0.15, 0.2) is 0 Å². The third kappa shape index (κ3) is 4.06.